The van der Waals surface area contributed by atoms with E-state index in [2.05, 4.69) is 32.4 Å². The molecule has 4 nitrogen and oxygen atoms in total. The molecule has 3 aromatic rings. The zero-order valence-electron chi connectivity index (χ0n) is 10.1. The topological polar surface area (TPSA) is 53.6 Å². The summed E-state index contributed by atoms with van der Waals surface area (Å²) in [6.45, 7) is 2.72. The first-order valence-corrected chi connectivity index (χ1v) is 5.90. The lowest BCUT2D eigenvalue weighted by Crippen LogP contribution is -2.01. The lowest BCUT2D eigenvalue weighted by Gasteiger charge is -2.06. The lowest BCUT2D eigenvalue weighted by atomic mass is 10.2. The molecule has 0 aliphatic rings. The molecule has 1 aromatic carbocycles. The Morgan fingerprint density at radius 1 is 1.22 bits per heavy atom. The van der Waals surface area contributed by atoms with Gasteiger partial charge in [0, 0.05) is 11.1 Å². The first kappa shape index (κ1) is 10.8. The molecule has 0 radical (unpaired) electrons. The molecule has 18 heavy (non-hydrogen) atoms. The van der Waals surface area contributed by atoms with Gasteiger partial charge in [-0.3, -0.25) is 4.98 Å². The summed E-state index contributed by atoms with van der Waals surface area (Å²) < 4.78 is 0. The number of rotatable bonds is 3. The summed E-state index contributed by atoms with van der Waals surface area (Å²) >= 11 is 0. The number of imidazole rings is 1. The highest BCUT2D eigenvalue weighted by Gasteiger charge is 2.01. The Bertz CT molecular complexity index is 672. The van der Waals surface area contributed by atoms with Gasteiger partial charge in [-0.25, -0.2) is 4.98 Å². The van der Waals surface area contributed by atoms with Crippen molar-refractivity contribution in [2.24, 2.45) is 0 Å². The van der Waals surface area contributed by atoms with Gasteiger partial charge in [0.25, 0.3) is 0 Å². The van der Waals surface area contributed by atoms with E-state index in [4.69, 9.17) is 0 Å². The van der Waals surface area contributed by atoms with Crippen LogP contribution in [-0.4, -0.2) is 15.0 Å². The molecule has 0 aliphatic carbocycles. The fourth-order valence-corrected chi connectivity index (χ4v) is 1.92. The van der Waals surface area contributed by atoms with Crippen LogP contribution in [0.15, 0.2) is 42.9 Å². The molecule has 0 bridgehead atoms. The SMILES string of the molecule is Cc1[nH]cnc1CNc1cnc2ccccc2c1. The molecule has 0 saturated carbocycles. The highest BCUT2D eigenvalue weighted by molar-refractivity contribution is 5.81. The number of anilines is 1. The minimum absolute atomic E-state index is 0.704. The normalized spacial score (nSPS) is 10.7. The number of benzene rings is 1. The number of fused-ring (bicyclic) bond motifs is 1. The highest BCUT2D eigenvalue weighted by atomic mass is 15.0. The summed E-state index contributed by atoms with van der Waals surface area (Å²) in [6, 6.07) is 10.2. The maximum Gasteiger partial charge on any atom is 0.0925 e. The van der Waals surface area contributed by atoms with Gasteiger partial charge < -0.3 is 10.3 Å². The number of hydrogen-bond acceptors (Lipinski definition) is 3. The number of para-hydroxylation sites is 1. The van der Waals surface area contributed by atoms with Crippen LogP contribution in [0.2, 0.25) is 0 Å². The average Bonchev–Trinajstić information content (AvgIpc) is 2.82. The Kier molecular flexibility index (Phi) is 2.68. The Morgan fingerprint density at radius 2 is 2.11 bits per heavy atom. The van der Waals surface area contributed by atoms with E-state index in [0.29, 0.717) is 6.54 Å². The fraction of sp³-hybridized carbons (Fsp3) is 0.143. The zero-order valence-corrected chi connectivity index (χ0v) is 10.1. The van der Waals surface area contributed by atoms with Crippen LogP contribution in [0.5, 0.6) is 0 Å². The average molecular weight is 238 g/mol. The summed E-state index contributed by atoms with van der Waals surface area (Å²) in [6.07, 6.45) is 3.56. The summed E-state index contributed by atoms with van der Waals surface area (Å²) in [4.78, 5) is 11.7. The molecule has 0 fully saturated rings. The Balaban J connectivity index is 1.81. The second-order valence-corrected chi connectivity index (χ2v) is 4.24. The monoisotopic (exact) mass is 238 g/mol. The van der Waals surface area contributed by atoms with Crippen molar-refractivity contribution in [1.29, 1.82) is 0 Å². The molecule has 0 saturated heterocycles. The van der Waals surface area contributed by atoms with E-state index in [1.54, 1.807) is 6.33 Å². The molecule has 0 aliphatic heterocycles. The van der Waals surface area contributed by atoms with Gasteiger partial charge in [0.2, 0.25) is 0 Å². The van der Waals surface area contributed by atoms with Gasteiger partial charge in [0.05, 0.1) is 36.0 Å². The van der Waals surface area contributed by atoms with Gasteiger partial charge in [-0.15, -0.1) is 0 Å². The van der Waals surface area contributed by atoms with Crippen molar-refractivity contribution < 1.29 is 0 Å². The molecule has 4 heteroatoms. The Labute approximate surface area is 105 Å². The second-order valence-electron chi connectivity index (χ2n) is 4.24. The number of H-pyrrole nitrogens is 1. The summed E-state index contributed by atoms with van der Waals surface area (Å²) in [5.41, 5.74) is 4.15. The van der Waals surface area contributed by atoms with Crippen LogP contribution in [-0.2, 0) is 6.54 Å². The first-order valence-electron chi connectivity index (χ1n) is 5.90. The van der Waals surface area contributed by atoms with E-state index in [9.17, 15) is 0 Å². The van der Waals surface area contributed by atoms with Crippen LogP contribution in [0.4, 0.5) is 5.69 Å². The number of hydrogen-bond donors (Lipinski definition) is 2. The minimum atomic E-state index is 0.704. The van der Waals surface area contributed by atoms with E-state index in [1.165, 1.54) is 0 Å². The van der Waals surface area contributed by atoms with E-state index >= 15 is 0 Å². The van der Waals surface area contributed by atoms with Crippen molar-refractivity contribution in [2.45, 2.75) is 13.5 Å². The third kappa shape index (κ3) is 2.05. The van der Waals surface area contributed by atoms with Crippen molar-refractivity contribution >= 4 is 16.6 Å². The second kappa shape index (κ2) is 4.49. The van der Waals surface area contributed by atoms with Crippen molar-refractivity contribution in [3.63, 3.8) is 0 Å². The van der Waals surface area contributed by atoms with Gasteiger partial charge in [0.1, 0.15) is 0 Å². The van der Waals surface area contributed by atoms with Crippen LogP contribution in [0.3, 0.4) is 0 Å². The number of aryl methyl sites for hydroxylation is 1. The van der Waals surface area contributed by atoms with Gasteiger partial charge in [-0.1, -0.05) is 18.2 Å². The quantitative estimate of drug-likeness (QED) is 0.737. The summed E-state index contributed by atoms with van der Waals surface area (Å²) in [5, 5.41) is 4.48. The molecule has 0 unspecified atom stereocenters. The van der Waals surface area contributed by atoms with Crippen molar-refractivity contribution in [2.75, 3.05) is 5.32 Å². The molecular formula is C14H14N4. The van der Waals surface area contributed by atoms with E-state index < -0.39 is 0 Å². The van der Waals surface area contributed by atoms with E-state index in [0.717, 1.165) is 28.0 Å². The molecule has 2 N–H and O–H groups in total. The Morgan fingerprint density at radius 3 is 2.94 bits per heavy atom. The molecule has 2 heterocycles. The predicted molar refractivity (Wildman–Crippen MR) is 72.4 cm³/mol. The molecule has 0 amide bonds. The van der Waals surface area contributed by atoms with Crippen LogP contribution < -0.4 is 5.32 Å². The number of aromatic nitrogens is 3. The maximum atomic E-state index is 4.41. The maximum absolute atomic E-state index is 4.41. The van der Waals surface area contributed by atoms with E-state index in [-0.39, 0.29) is 0 Å². The summed E-state index contributed by atoms with van der Waals surface area (Å²) in [5.74, 6) is 0. The molecular weight excluding hydrogens is 224 g/mol. The van der Waals surface area contributed by atoms with E-state index in [1.807, 2.05) is 31.3 Å². The van der Waals surface area contributed by atoms with Crippen LogP contribution >= 0.6 is 0 Å². The van der Waals surface area contributed by atoms with Crippen LogP contribution in [0, 0.1) is 6.92 Å². The van der Waals surface area contributed by atoms with Crippen molar-refractivity contribution in [3.05, 3.63) is 54.2 Å². The van der Waals surface area contributed by atoms with Crippen LogP contribution in [0.1, 0.15) is 11.4 Å². The lowest BCUT2D eigenvalue weighted by molar-refractivity contribution is 1.05. The van der Waals surface area contributed by atoms with Gasteiger partial charge in [-0.2, -0.15) is 0 Å². The zero-order chi connectivity index (χ0) is 12.4. The van der Waals surface area contributed by atoms with Crippen molar-refractivity contribution in [1.82, 2.24) is 15.0 Å². The highest BCUT2D eigenvalue weighted by Crippen LogP contribution is 2.16. The third-order valence-corrected chi connectivity index (χ3v) is 2.98. The van der Waals surface area contributed by atoms with Crippen molar-refractivity contribution in [3.8, 4) is 0 Å². The standard InChI is InChI=1S/C14H14N4/c1-10-14(18-9-17-10)8-15-12-6-11-4-2-3-5-13(11)16-7-12/h2-7,9,15H,8H2,1H3,(H,17,18). The first-order chi connectivity index (χ1) is 8.83. The largest absolute Gasteiger partial charge is 0.378 e. The van der Waals surface area contributed by atoms with Gasteiger partial charge in [0.15, 0.2) is 0 Å². The Hall–Kier alpha value is -2.36. The third-order valence-electron chi connectivity index (χ3n) is 2.98. The van der Waals surface area contributed by atoms with Crippen LogP contribution in [0.25, 0.3) is 10.9 Å². The fourth-order valence-electron chi connectivity index (χ4n) is 1.92. The molecule has 90 valence electrons. The summed E-state index contributed by atoms with van der Waals surface area (Å²) in [7, 11) is 0. The van der Waals surface area contributed by atoms with Gasteiger partial charge in [-0.05, 0) is 19.1 Å². The van der Waals surface area contributed by atoms with Gasteiger partial charge >= 0.3 is 0 Å². The number of aromatic amines is 1. The molecule has 3 rings (SSSR count). The number of nitrogens with one attached hydrogen (secondary N) is 2. The molecule has 0 spiro atoms. The smallest absolute Gasteiger partial charge is 0.0925 e. The molecule has 0 atom stereocenters. The predicted octanol–water partition coefficient (Wildman–Crippen LogP) is 2.88. The number of nitrogens with zero attached hydrogens (tertiary/aromatic N) is 2. The molecule has 2 aromatic heterocycles. The number of pyridine rings is 1. The minimum Gasteiger partial charge on any atom is -0.378 e.